The van der Waals surface area contributed by atoms with Gasteiger partial charge < -0.3 is 4.74 Å². The molecule has 1 aromatic heterocycles. The summed E-state index contributed by atoms with van der Waals surface area (Å²) < 4.78 is 5.60. The molecule has 0 saturated carbocycles. The number of imide groups is 1. The number of hydrogen-bond donors (Lipinski definition) is 1. The summed E-state index contributed by atoms with van der Waals surface area (Å²) in [5, 5.41) is 2.25. The summed E-state index contributed by atoms with van der Waals surface area (Å²) in [6, 6.07) is 7.28. The van der Waals surface area contributed by atoms with E-state index in [1.54, 1.807) is 0 Å². The van der Waals surface area contributed by atoms with Gasteiger partial charge in [0.15, 0.2) is 0 Å². The van der Waals surface area contributed by atoms with E-state index >= 15 is 0 Å². The van der Waals surface area contributed by atoms with Crippen LogP contribution in [0.5, 0.6) is 11.8 Å². The van der Waals surface area contributed by atoms with Gasteiger partial charge in [-0.25, -0.2) is 14.8 Å². The van der Waals surface area contributed by atoms with Crippen molar-refractivity contribution in [2.24, 2.45) is 0 Å². The molecule has 2 aromatic rings. The molecule has 1 aromatic carbocycles. The number of aromatic nitrogens is 2. The maximum Gasteiger partial charge on any atom is 0.328 e. The number of benzene rings is 1. The smallest absolute Gasteiger partial charge is 0.328 e. The number of ether oxygens (including phenoxy) is 1. The number of nitrogens with zero attached hydrogens (tertiary/aromatic N) is 3. The highest BCUT2D eigenvalue weighted by Crippen LogP contribution is 2.23. The second-order valence-corrected chi connectivity index (χ2v) is 4.85. The summed E-state index contributed by atoms with van der Waals surface area (Å²) in [5.41, 5.74) is 1.49. The number of carbonyl (C=O) groups excluding carboxylic acids is 2. The zero-order valence-corrected chi connectivity index (χ0v) is 11.9. The van der Waals surface area contributed by atoms with Crippen molar-refractivity contribution < 1.29 is 14.3 Å². The second-order valence-electron chi connectivity index (χ2n) is 4.85. The molecule has 0 aliphatic carbocycles. The normalized spacial score (nSPS) is 14.7. The van der Waals surface area contributed by atoms with Crippen LogP contribution in [-0.2, 0) is 4.79 Å². The molecular weight excluding hydrogens is 284 g/mol. The molecule has 0 spiro atoms. The molecule has 7 nitrogen and oxygen atoms in total. The lowest BCUT2D eigenvalue weighted by Crippen LogP contribution is -2.49. The van der Waals surface area contributed by atoms with E-state index in [2.05, 4.69) is 15.3 Å². The van der Waals surface area contributed by atoms with E-state index in [0.717, 1.165) is 5.56 Å². The van der Waals surface area contributed by atoms with Crippen molar-refractivity contribution in [3.8, 4) is 11.8 Å². The van der Waals surface area contributed by atoms with Crippen LogP contribution in [0.4, 0.5) is 10.5 Å². The van der Waals surface area contributed by atoms with Crippen LogP contribution in [0, 0.1) is 6.92 Å². The van der Waals surface area contributed by atoms with Crippen LogP contribution >= 0.6 is 0 Å². The molecular formula is C15H14N4O3. The fraction of sp³-hybridized carbons (Fsp3) is 0.200. The molecule has 1 aliphatic heterocycles. The van der Waals surface area contributed by atoms with Gasteiger partial charge in [0.05, 0.1) is 18.1 Å². The van der Waals surface area contributed by atoms with Crippen LogP contribution in [0.25, 0.3) is 0 Å². The van der Waals surface area contributed by atoms with Gasteiger partial charge in [-0.2, -0.15) is 0 Å². The third-order valence-corrected chi connectivity index (χ3v) is 3.28. The zero-order chi connectivity index (χ0) is 15.5. The molecule has 0 unspecified atom stereocenters. The van der Waals surface area contributed by atoms with Crippen LogP contribution in [0.15, 0.2) is 36.7 Å². The topological polar surface area (TPSA) is 84.4 Å². The Morgan fingerprint density at radius 3 is 2.59 bits per heavy atom. The minimum Gasteiger partial charge on any atom is -0.424 e. The number of anilines is 1. The lowest BCUT2D eigenvalue weighted by Gasteiger charge is -2.25. The number of nitrogens with one attached hydrogen (secondary N) is 1. The van der Waals surface area contributed by atoms with Crippen molar-refractivity contribution in [1.82, 2.24) is 15.3 Å². The number of aryl methyl sites for hydroxylation is 1. The van der Waals surface area contributed by atoms with Gasteiger partial charge in [0.2, 0.25) is 5.91 Å². The first-order chi connectivity index (χ1) is 10.6. The Hall–Kier alpha value is -2.96. The van der Waals surface area contributed by atoms with E-state index in [9.17, 15) is 9.59 Å². The minimum atomic E-state index is -0.465. The number of carbonyl (C=O) groups is 2. The average Bonchev–Trinajstić information content (AvgIpc) is 2.51. The van der Waals surface area contributed by atoms with Gasteiger partial charge in [-0.05, 0) is 18.6 Å². The summed E-state index contributed by atoms with van der Waals surface area (Å²) in [6.45, 7) is 2.24. The summed E-state index contributed by atoms with van der Waals surface area (Å²) in [6.07, 6.45) is 3.25. The summed E-state index contributed by atoms with van der Waals surface area (Å²) >= 11 is 0. The van der Waals surface area contributed by atoms with Gasteiger partial charge in [-0.3, -0.25) is 15.0 Å². The number of rotatable bonds is 3. The average molecular weight is 298 g/mol. The van der Waals surface area contributed by atoms with E-state index in [4.69, 9.17) is 4.74 Å². The molecule has 2 heterocycles. The second kappa shape index (κ2) is 5.80. The summed E-state index contributed by atoms with van der Waals surface area (Å²) in [4.78, 5) is 32.5. The molecule has 1 fully saturated rings. The zero-order valence-electron chi connectivity index (χ0n) is 11.9. The van der Waals surface area contributed by atoms with Crippen LogP contribution < -0.4 is 15.0 Å². The lowest BCUT2D eigenvalue weighted by molar-refractivity contribution is -0.120. The molecule has 1 aliphatic rings. The number of urea groups is 1. The molecule has 3 amide bonds. The Kier molecular flexibility index (Phi) is 3.69. The van der Waals surface area contributed by atoms with Gasteiger partial charge in [0.1, 0.15) is 5.75 Å². The Bertz CT molecular complexity index is 715. The summed E-state index contributed by atoms with van der Waals surface area (Å²) in [7, 11) is 0. The van der Waals surface area contributed by atoms with E-state index in [-0.39, 0.29) is 18.3 Å². The molecule has 1 N–H and O–H groups in total. The number of para-hydroxylation sites is 1. The predicted molar refractivity (Wildman–Crippen MR) is 78.8 cm³/mol. The van der Waals surface area contributed by atoms with Gasteiger partial charge in [0.25, 0.3) is 0 Å². The van der Waals surface area contributed by atoms with E-state index in [0.29, 0.717) is 18.0 Å². The summed E-state index contributed by atoms with van der Waals surface area (Å²) in [5.74, 6) is 0.401. The van der Waals surface area contributed by atoms with E-state index in [1.807, 2.05) is 31.2 Å². The highest BCUT2D eigenvalue weighted by Gasteiger charge is 2.24. The van der Waals surface area contributed by atoms with Crippen molar-refractivity contribution in [2.45, 2.75) is 13.3 Å². The quantitative estimate of drug-likeness (QED) is 0.937. The van der Waals surface area contributed by atoms with Crippen molar-refractivity contribution in [1.29, 1.82) is 0 Å². The Labute approximate surface area is 126 Å². The maximum absolute atomic E-state index is 11.7. The number of amides is 3. The molecule has 22 heavy (non-hydrogen) atoms. The number of hydrogen-bond acceptors (Lipinski definition) is 5. The first-order valence-electron chi connectivity index (χ1n) is 6.80. The standard InChI is InChI=1S/C15H14N4O3/c1-10-4-2-3-5-12(10)22-14-16-8-11(9-17-14)19-7-6-13(20)18-15(19)21/h2-5,8-9H,6-7H2,1H3,(H,18,20,21). The fourth-order valence-corrected chi connectivity index (χ4v) is 2.08. The first-order valence-corrected chi connectivity index (χ1v) is 6.80. The third-order valence-electron chi connectivity index (χ3n) is 3.28. The first kappa shape index (κ1) is 14.0. The van der Waals surface area contributed by atoms with Crippen LogP contribution in [0.1, 0.15) is 12.0 Å². The van der Waals surface area contributed by atoms with Gasteiger partial charge in [0, 0.05) is 13.0 Å². The van der Waals surface area contributed by atoms with Crippen LogP contribution in [-0.4, -0.2) is 28.5 Å². The molecule has 1 saturated heterocycles. The molecule has 0 radical (unpaired) electrons. The van der Waals surface area contributed by atoms with Crippen molar-refractivity contribution in [3.63, 3.8) is 0 Å². The lowest BCUT2D eigenvalue weighted by atomic mass is 10.2. The third kappa shape index (κ3) is 2.88. The minimum absolute atomic E-state index is 0.201. The van der Waals surface area contributed by atoms with Gasteiger partial charge in [-0.15, -0.1) is 0 Å². The Balaban J connectivity index is 1.74. The Morgan fingerprint density at radius 2 is 1.91 bits per heavy atom. The highest BCUT2D eigenvalue weighted by molar-refractivity contribution is 6.05. The van der Waals surface area contributed by atoms with Crippen LogP contribution in [0.2, 0.25) is 0 Å². The van der Waals surface area contributed by atoms with E-state index < -0.39 is 6.03 Å². The maximum atomic E-state index is 11.7. The van der Waals surface area contributed by atoms with Crippen molar-refractivity contribution in [3.05, 3.63) is 42.2 Å². The molecule has 0 atom stereocenters. The van der Waals surface area contributed by atoms with Gasteiger partial charge >= 0.3 is 12.0 Å². The predicted octanol–water partition coefficient (Wildman–Crippen LogP) is 2.02. The van der Waals surface area contributed by atoms with Crippen molar-refractivity contribution in [2.75, 3.05) is 11.4 Å². The van der Waals surface area contributed by atoms with Crippen molar-refractivity contribution >= 4 is 17.6 Å². The largest absolute Gasteiger partial charge is 0.424 e. The molecule has 7 heteroatoms. The Morgan fingerprint density at radius 1 is 1.18 bits per heavy atom. The highest BCUT2D eigenvalue weighted by atomic mass is 16.5. The SMILES string of the molecule is Cc1ccccc1Oc1ncc(N2CCC(=O)NC2=O)cn1. The fourth-order valence-electron chi connectivity index (χ4n) is 2.08. The van der Waals surface area contributed by atoms with Crippen LogP contribution in [0.3, 0.4) is 0 Å². The molecule has 0 bridgehead atoms. The molecule has 3 rings (SSSR count). The van der Waals surface area contributed by atoms with Gasteiger partial charge in [-0.1, -0.05) is 18.2 Å². The molecule has 112 valence electrons. The monoisotopic (exact) mass is 298 g/mol. The van der Waals surface area contributed by atoms with E-state index in [1.165, 1.54) is 17.3 Å².